The summed E-state index contributed by atoms with van der Waals surface area (Å²) in [6.45, 7) is 0. The minimum Gasteiger partial charge on any atom is -0.426 e. The van der Waals surface area contributed by atoms with Crippen molar-refractivity contribution in [3.05, 3.63) is 40.5 Å². The van der Waals surface area contributed by atoms with Crippen molar-refractivity contribution < 1.29 is 32.0 Å². The summed E-state index contributed by atoms with van der Waals surface area (Å²) in [5, 5.41) is 17.6. The van der Waals surface area contributed by atoms with Crippen LogP contribution >= 0.6 is 0 Å². The zero-order valence-corrected chi connectivity index (χ0v) is 8.02. The number of benzene rings is 1. The summed E-state index contributed by atoms with van der Waals surface area (Å²) in [6, 6.07) is 0.337. The first-order valence-corrected chi connectivity index (χ1v) is 4.45. The van der Waals surface area contributed by atoms with Crippen LogP contribution in [0.5, 0.6) is 0 Å². The monoisotopic (exact) mass is 250 g/mol. The molecule has 0 spiro atoms. The van der Waals surface area contributed by atoms with Crippen LogP contribution in [0, 0.1) is 17.5 Å². The number of hydrogen-bond acceptors (Lipinski definition) is 2. The SMILES string of the molecule is OB(O)C1C(F)=C(F)c2c1cc(F)c(F)c2F. The Kier molecular flexibility index (Phi) is 2.71. The van der Waals surface area contributed by atoms with Crippen molar-refractivity contribution >= 4 is 12.9 Å². The van der Waals surface area contributed by atoms with Gasteiger partial charge in [0.05, 0.1) is 11.4 Å². The van der Waals surface area contributed by atoms with Gasteiger partial charge in [-0.25, -0.2) is 22.0 Å². The maximum Gasteiger partial charge on any atom is 0.466 e. The highest BCUT2D eigenvalue weighted by atomic mass is 19.2. The summed E-state index contributed by atoms with van der Waals surface area (Å²) in [7, 11) is -2.38. The molecule has 2 N–H and O–H groups in total. The van der Waals surface area contributed by atoms with Gasteiger partial charge in [0.2, 0.25) is 0 Å². The Morgan fingerprint density at radius 3 is 2.12 bits per heavy atom. The molecule has 1 aliphatic rings. The summed E-state index contributed by atoms with van der Waals surface area (Å²) >= 11 is 0. The first kappa shape index (κ1) is 12.1. The Labute approximate surface area is 92.1 Å². The molecule has 0 radical (unpaired) electrons. The quantitative estimate of drug-likeness (QED) is 0.453. The average Bonchev–Trinajstić information content (AvgIpc) is 2.48. The predicted molar refractivity (Wildman–Crippen MR) is 48.4 cm³/mol. The van der Waals surface area contributed by atoms with E-state index in [9.17, 15) is 22.0 Å². The van der Waals surface area contributed by atoms with Crippen LogP contribution < -0.4 is 0 Å². The number of halogens is 5. The van der Waals surface area contributed by atoms with E-state index < -0.39 is 53.2 Å². The molecule has 2 rings (SSSR count). The first-order chi connectivity index (χ1) is 7.86. The summed E-state index contributed by atoms with van der Waals surface area (Å²) in [4.78, 5) is 0. The van der Waals surface area contributed by atoms with Crippen molar-refractivity contribution in [2.45, 2.75) is 5.82 Å². The van der Waals surface area contributed by atoms with E-state index in [-0.39, 0.29) is 0 Å². The molecule has 0 bridgehead atoms. The maximum absolute atomic E-state index is 13.2. The molecule has 0 heterocycles. The Morgan fingerprint density at radius 2 is 1.59 bits per heavy atom. The number of hydrogen-bond donors (Lipinski definition) is 2. The van der Waals surface area contributed by atoms with Gasteiger partial charge in [0, 0.05) is 0 Å². The van der Waals surface area contributed by atoms with Crippen LogP contribution in [0.2, 0.25) is 0 Å². The lowest BCUT2D eigenvalue weighted by molar-refractivity contribution is 0.384. The number of rotatable bonds is 1. The molecule has 0 amide bonds. The summed E-state index contributed by atoms with van der Waals surface area (Å²) in [5.41, 5.74) is -1.79. The van der Waals surface area contributed by atoms with E-state index >= 15 is 0 Å². The Morgan fingerprint density at radius 1 is 1.00 bits per heavy atom. The highest BCUT2D eigenvalue weighted by molar-refractivity contribution is 6.45. The second-order valence-corrected chi connectivity index (χ2v) is 3.50. The van der Waals surface area contributed by atoms with Gasteiger partial charge in [-0.2, -0.15) is 0 Å². The summed E-state index contributed by atoms with van der Waals surface area (Å²) in [5.74, 6) is -10.9. The van der Waals surface area contributed by atoms with Crippen molar-refractivity contribution in [2.24, 2.45) is 0 Å². The molecule has 0 fully saturated rings. The minimum atomic E-state index is -2.38. The largest absolute Gasteiger partial charge is 0.466 e. The van der Waals surface area contributed by atoms with E-state index in [0.29, 0.717) is 6.07 Å². The average molecular weight is 250 g/mol. The van der Waals surface area contributed by atoms with Gasteiger partial charge < -0.3 is 10.0 Å². The van der Waals surface area contributed by atoms with Crippen LogP contribution in [0.4, 0.5) is 22.0 Å². The molecule has 1 aromatic carbocycles. The van der Waals surface area contributed by atoms with Crippen molar-refractivity contribution in [1.82, 2.24) is 0 Å². The van der Waals surface area contributed by atoms with Crippen molar-refractivity contribution in [3.8, 4) is 0 Å². The van der Waals surface area contributed by atoms with Crippen LogP contribution in [0.3, 0.4) is 0 Å². The summed E-state index contributed by atoms with van der Waals surface area (Å²) in [6.07, 6.45) is 0. The molecule has 1 aromatic rings. The molecular formula is C9H4BF5O2. The first-order valence-electron chi connectivity index (χ1n) is 4.45. The van der Waals surface area contributed by atoms with Gasteiger partial charge in [0.15, 0.2) is 23.3 Å². The fourth-order valence-electron chi connectivity index (χ4n) is 1.77. The van der Waals surface area contributed by atoms with E-state index in [0.717, 1.165) is 0 Å². The van der Waals surface area contributed by atoms with Crippen molar-refractivity contribution in [3.63, 3.8) is 0 Å². The lowest BCUT2D eigenvalue weighted by Gasteiger charge is -2.10. The van der Waals surface area contributed by atoms with E-state index in [1.165, 1.54) is 0 Å². The van der Waals surface area contributed by atoms with E-state index in [1.807, 2.05) is 0 Å². The van der Waals surface area contributed by atoms with Crippen LogP contribution in [0.1, 0.15) is 16.9 Å². The Bertz CT molecular complexity index is 529. The highest BCUT2D eigenvalue weighted by Crippen LogP contribution is 2.45. The van der Waals surface area contributed by atoms with Crippen molar-refractivity contribution in [2.75, 3.05) is 0 Å². The third-order valence-electron chi connectivity index (χ3n) is 2.53. The van der Waals surface area contributed by atoms with E-state index in [4.69, 9.17) is 10.0 Å². The lowest BCUT2D eigenvalue weighted by atomic mass is 9.69. The Balaban J connectivity index is 2.75. The highest BCUT2D eigenvalue weighted by Gasteiger charge is 2.43. The third kappa shape index (κ3) is 1.55. The van der Waals surface area contributed by atoms with Gasteiger partial charge in [-0.3, -0.25) is 0 Å². The number of fused-ring (bicyclic) bond motifs is 1. The molecule has 1 atom stereocenters. The van der Waals surface area contributed by atoms with Gasteiger partial charge in [-0.1, -0.05) is 0 Å². The molecule has 1 unspecified atom stereocenters. The molecular weight excluding hydrogens is 246 g/mol. The predicted octanol–water partition coefficient (Wildman–Crippen LogP) is 1.82. The molecule has 2 nitrogen and oxygen atoms in total. The molecule has 0 saturated carbocycles. The van der Waals surface area contributed by atoms with Crippen LogP contribution in [0.15, 0.2) is 11.9 Å². The maximum atomic E-state index is 13.2. The molecule has 0 aliphatic heterocycles. The molecule has 8 heteroatoms. The second kappa shape index (κ2) is 3.81. The fourth-order valence-corrected chi connectivity index (χ4v) is 1.77. The van der Waals surface area contributed by atoms with Gasteiger partial charge in [0.25, 0.3) is 0 Å². The van der Waals surface area contributed by atoms with E-state index in [1.54, 1.807) is 0 Å². The fraction of sp³-hybridized carbons (Fsp3) is 0.111. The van der Waals surface area contributed by atoms with Gasteiger partial charge in [-0.15, -0.1) is 0 Å². The second-order valence-electron chi connectivity index (χ2n) is 3.50. The minimum absolute atomic E-state index is 0.337. The van der Waals surface area contributed by atoms with Crippen molar-refractivity contribution in [1.29, 1.82) is 0 Å². The van der Waals surface area contributed by atoms with Crippen LogP contribution in [-0.2, 0) is 0 Å². The lowest BCUT2D eigenvalue weighted by Crippen LogP contribution is -2.23. The van der Waals surface area contributed by atoms with Gasteiger partial charge in [0.1, 0.15) is 5.83 Å². The Hall–Kier alpha value is -1.41. The van der Waals surface area contributed by atoms with Gasteiger partial charge >= 0.3 is 7.12 Å². The topological polar surface area (TPSA) is 40.5 Å². The molecule has 17 heavy (non-hydrogen) atoms. The molecule has 1 aliphatic carbocycles. The third-order valence-corrected chi connectivity index (χ3v) is 2.53. The summed E-state index contributed by atoms with van der Waals surface area (Å²) < 4.78 is 65.4. The standard InChI is InChI=1S/C9H4BF5O2/c11-3-1-2-4(7(13)6(3)12)8(14)9(15)5(2)10(16)17/h1,5,16-17H. The molecule has 90 valence electrons. The van der Waals surface area contributed by atoms with Crippen LogP contribution in [0.25, 0.3) is 5.83 Å². The van der Waals surface area contributed by atoms with Crippen LogP contribution in [-0.4, -0.2) is 17.2 Å². The zero-order chi connectivity index (χ0) is 12.9. The smallest absolute Gasteiger partial charge is 0.426 e. The number of allylic oxidation sites excluding steroid dienone is 1. The zero-order valence-electron chi connectivity index (χ0n) is 8.02. The molecule has 0 aromatic heterocycles. The molecule has 0 saturated heterocycles. The van der Waals surface area contributed by atoms with Gasteiger partial charge in [-0.05, 0) is 11.6 Å². The normalized spacial score (nSPS) is 18.6. The van der Waals surface area contributed by atoms with E-state index in [2.05, 4.69) is 0 Å².